The molecule has 196 valence electrons. The Bertz CT molecular complexity index is 1370. The molecule has 7 nitrogen and oxygen atoms in total. The van der Waals surface area contributed by atoms with Crippen molar-refractivity contribution in [2.45, 2.75) is 25.5 Å². The van der Waals surface area contributed by atoms with Crippen molar-refractivity contribution >= 4 is 17.5 Å². The Balaban J connectivity index is 1.54. The molecule has 3 aromatic carbocycles. The van der Waals surface area contributed by atoms with Crippen molar-refractivity contribution in [1.29, 1.82) is 0 Å². The first kappa shape index (κ1) is 25.8. The number of nitrogens with zero attached hydrogens (tertiary/aromatic N) is 3. The number of aromatic nitrogens is 2. The number of hydrogen-bond acceptors (Lipinski definition) is 5. The number of amides is 1. The summed E-state index contributed by atoms with van der Waals surface area (Å²) < 4.78 is 19.3. The molecule has 0 aliphatic carbocycles. The highest BCUT2D eigenvalue weighted by atomic mass is 35.5. The second kappa shape index (κ2) is 11.7. The van der Waals surface area contributed by atoms with Crippen LogP contribution in [-0.2, 0) is 18.3 Å². The van der Waals surface area contributed by atoms with E-state index in [-0.39, 0.29) is 12.0 Å². The lowest BCUT2D eigenvalue weighted by Crippen LogP contribution is -2.37. The number of carbonyl (C=O) groups excluding carboxylic acids is 1. The minimum absolute atomic E-state index is 0.0194. The molecule has 0 radical (unpaired) electrons. The SMILES string of the molecule is COc1ccc(Oc2c(CN(CC3CCCO3)C(=O)c3ccc(Cl)cc3)c(-c3ccccc3)nn2C)cc1. The Morgan fingerprint density at radius 3 is 2.42 bits per heavy atom. The lowest BCUT2D eigenvalue weighted by Gasteiger charge is -2.26. The van der Waals surface area contributed by atoms with Gasteiger partial charge in [-0.3, -0.25) is 4.79 Å². The summed E-state index contributed by atoms with van der Waals surface area (Å²) in [6.45, 7) is 1.47. The molecule has 0 N–H and O–H groups in total. The van der Waals surface area contributed by atoms with Gasteiger partial charge in [0.1, 0.15) is 17.2 Å². The zero-order chi connectivity index (χ0) is 26.5. The van der Waals surface area contributed by atoms with Crippen LogP contribution in [0.5, 0.6) is 17.4 Å². The fraction of sp³-hybridized carbons (Fsp3) is 0.267. The third-order valence-electron chi connectivity index (χ3n) is 6.58. The van der Waals surface area contributed by atoms with E-state index in [1.807, 2.05) is 66.5 Å². The van der Waals surface area contributed by atoms with E-state index in [0.717, 1.165) is 35.4 Å². The number of ether oxygens (including phenoxy) is 3. The van der Waals surface area contributed by atoms with Crippen LogP contribution in [-0.4, -0.2) is 47.0 Å². The van der Waals surface area contributed by atoms with E-state index in [1.165, 1.54) is 0 Å². The quantitative estimate of drug-likeness (QED) is 0.251. The van der Waals surface area contributed by atoms with Gasteiger partial charge in [-0.05, 0) is 61.4 Å². The minimum Gasteiger partial charge on any atom is -0.497 e. The molecule has 2 heterocycles. The number of carbonyl (C=O) groups is 1. The second-order valence-corrected chi connectivity index (χ2v) is 9.66. The van der Waals surface area contributed by atoms with Gasteiger partial charge in [-0.2, -0.15) is 5.10 Å². The number of benzene rings is 3. The molecule has 8 heteroatoms. The van der Waals surface area contributed by atoms with Crippen molar-refractivity contribution in [1.82, 2.24) is 14.7 Å². The van der Waals surface area contributed by atoms with Gasteiger partial charge in [-0.25, -0.2) is 4.68 Å². The maximum atomic E-state index is 13.8. The van der Waals surface area contributed by atoms with Gasteiger partial charge < -0.3 is 19.1 Å². The topological polar surface area (TPSA) is 65.8 Å². The molecule has 1 saturated heterocycles. The Hall–Kier alpha value is -3.81. The molecule has 0 saturated carbocycles. The summed E-state index contributed by atoms with van der Waals surface area (Å²) in [5, 5.41) is 5.40. The highest BCUT2D eigenvalue weighted by Gasteiger charge is 2.28. The van der Waals surface area contributed by atoms with E-state index < -0.39 is 0 Å². The van der Waals surface area contributed by atoms with Crippen molar-refractivity contribution in [3.63, 3.8) is 0 Å². The summed E-state index contributed by atoms with van der Waals surface area (Å²) in [5.74, 6) is 1.85. The summed E-state index contributed by atoms with van der Waals surface area (Å²) >= 11 is 6.09. The Morgan fingerprint density at radius 1 is 1.05 bits per heavy atom. The molecule has 5 rings (SSSR count). The van der Waals surface area contributed by atoms with Crippen molar-refractivity contribution in [2.75, 3.05) is 20.3 Å². The molecule has 1 aliphatic rings. The number of rotatable bonds is 9. The molecule has 1 unspecified atom stereocenters. The number of methoxy groups -OCH3 is 1. The molecular formula is C30H30ClN3O4. The summed E-state index contributed by atoms with van der Waals surface area (Å²) in [4.78, 5) is 15.6. The molecule has 0 bridgehead atoms. The van der Waals surface area contributed by atoms with Gasteiger partial charge in [-0.1, -0.05) is 41.9 Å². The first-order valence-electron chi connectivity index (χ1n) is 12.6. The van der Waals surface area contributed by atoms with Gasteiger partial charge >= 0.3 is 0 Å². The van der Waals surface area contributed by atoms with Gasteiger partial charge in [0.25, 0.3) is 5.91 Å². The molecule has 1 aliphatic heterocycles. The molecule has 38 heavy (non-hydrogen) atoms. The van der Waals surface area contributed by atoms with Crippen LogP contribution in [0.25, 0.3) is 11.3 Å². The lowest BCUT2D eigenvalue weighted by molar-refractivity contribution is 0.0506. The molecular weight excluding hydrogens is 502 g/mol. The van der Waals surface area contributed by atoms with Gasteiger partial charge in [0.05, 0.1) is 25.3 Å². The van der Waals surface area contributed by atoms with Crippen LogP contribution in [0.1, 0.15) is 28.8 Å². The normalized spacial score (nSPS) is 14.9. The van der Waals surface area contributed by atoms with Gasteiger partial charge in [0, 0.05) is 36.3 Å². The fourth-order valence-electron chi connectivity index (χ4n) is 4.63. The predicted octanol–water partition coefficient (Wildman–Crippen LogP) is 6.36. The van der Waals surface area contributed by atoms with Crippen molar-refractivity contribution in [3.8, 4) is 28.6 Å². The molecule has 1 aromatic heterocycles. The van der Waals surface area contributed by atoms with E-state index in [1.54, 1.807) is 36.1 Å². The highest BCUT2D eigenvalue weighted by Crippen LogP contribution is 2.35. The average molecular weight is 532 g/mol. The standard InChI is InChI=1S/C30H30ClN3O4/c1-33-30(38-25-16-14-24(36-2)15-17-25)27(28(32-33)21-7-4-3-5-8-21)20-34(19-26-9-6-18-37-26)29(35)22-10-12-23(31)13-11-22/h3-5,7-8,10-17,26H,6,9,18-20H2,1-2H3. The van der Waals surface area contributed by atoms with Gasteiger partial charge in [0.2, 0.25) is 5.88 Å². The molecule has 0 spiro atoms. The van der Waals surface area contributed by atoms with Crippen molar-refractivity contribution in [2.24, 2.45) is 7.05 Å². The fourth-order valence-corrected chi connectivity index (χ4v) is 4.75. The van der Waals surface area contributed by atoms with Crippen LogP contribution in [0.4, 0.5) is 0 Å². The van der Waals surface area contributed by atoms with Crippen LogP contribution < -0.4 is 9.47 Å². The molecule has 1 atom stereocenters. The third kappa shape index (κ3) is 5.85. The van der Waals surface area contributed by atoms with E-state index in [4.69, 9.17) is 30.9 Å². The summed E-state index contributed by atoms with van der Waals surface area (Å²) in [5.41, 5.74) is 3.08. The number of halogens is 1. The van der Waals surface area contributed by atoms with Gasteiger partial charge in [0.15, 0.2) is 0 Å². The van der Waals surface area contributed by atoms with E-state index in [0.29, 0.717) is 41.9 Å². The summed E-state index contributed by atoms with van der Waals surface area (Å²) in [7, 11) is 3.47. The lowest BCUT2D eigenvalue weighted by atomic mass is 10.1. The maximum Gasteiger partial charge on any atom is 0.254 e. The van der Waals surface area contributed by atoms with E-state index in [9.17, 15) is 4.79 Å². The monoisotopic (exact) mass is 531 g/mol. The summed E-state index contributed by atoms with van der Waals surface area (Å²) in [6.07, 6.45) is 1.88. The minimum atomic E-state index is -0.101. The zero-order valence-electron chi connectivity index (χ0n) is 21.5. The number of hydrogen-bond donors (Lipinski definition) is 0. The highest BCUT2D eigenvalue weighted by molar-refractivity contribution is 6.30. The Morgan fingerprint density at radius 2 is 1.76 bits per heavy atom. The smallest absolute Gasteiger partial charge is 0.254 e. The van der Waals surface area contributed by atoms with Crippen LogP contribution in [0.3, 0.4) is 0 Å². The predicted molar refractivity (Wildman–Crippen MR) is 147 cm³/mol. The van der Waals surface area contributed by atoms with Crippen LogP contribution >= 0.6 is 11.6 Å². The first-order chi connectivity index (χ1) is 18.5. The van der Waals surface area contributed by atoms with Crippen molar-refractivity contribution < 1.29 is 19.0 Å². The summed E-state index contributed by atoms with van der Waals surface area (Å²) in [6, 6.07) is 24.3. The van der Waals surface area contributed by atoms with Crippen LogP contribution in [0.2, 0.25) is 5.02 Å². The average Bonchev–Trinajstić information content (AvgIpc) is 3.57. The third-order valence-corrected chi connectivity index (χ3v) is 6.84. The Kier molecular flexibility index (Phi) is 7.96. The van der Waals surface area contributed by atoms with Crippen LogP contribution in [0.15, 0.2) is 78.9 Å². The second-order valence-electron chi connectivity index (χ2n) is 9.23. The first-order valence-corrected chi connectivity index (χ1v) is 13.0. The van der Waals surface area contributed by atoms with E-state index in [2.05, 4.69) is 0 Å². The van der Waals surface area contributed by atoms with Crippen molar-refractivity contribution in [3.05, 3.63) is 95.0 Å². The molecule has 1 amide bonds. The van der Waals surface area contributed by atoms with E-state index >= 15 is 0 Å². The van der Waals surface area contributed by atoms with Gasteiger partial charge in [-0.15, -0.1) is 0 Å². The molecule has 1 fully saturated rings. The number of aryl methyl sites for hydroxylation is 1. The molecule has 4 aromatic rings. The zero-order valence-corrected chi connectivity index (χ0v) is 22.2. The maximum absolute atomic E-state index is 13.8. The largest absolute Gasteiger partial charge is 0.497 e. The van der Waals surface area contributed by atoms with Crippen LogP contribution in [0, 0.1) is 0 Å². The Labute approximate surface area is 227 Å².